The molecule has 0 radical (unpaired) electrons. The van der Waals surface area contributed by atoms with Crippen LogP contribution in [0.25, 0.3) is 11.1 Å². The highest BCUT2D eigenvalue weighted by Gasteiger charge is 2.11. The number of hydrogen-bond acceptors (Lipinski definition) is 0. The number of hydrogen-bond donors (Lipinski definition) is 0. The molecule has 0 amide bonds. The second kappa shape index (κ2) is 6.74. The molecule has 0 spiro atoms. The van der Waals surface area contributed by atoms with Crippen molar-refractivity contribution in [3.8, 4) is 11.1 Å². The van der Waals surface area contributed by atoms with Gasteiger partial charge in [0.2, 0.25) is 0 Å². The van der Waals surface area contributed by atoms with Crippen molar-refractivity contribution in [2.24, 2.45) is 5.92 Å². The Morgan fingerprint density at radius 2 is 1.30 bits per heavy atom. The van der Waals surface area contributed by atoms with Gasteiger partial charge in [-0.2, -0.15) is 0 Å². The molecule has 0 saturated heterocycles. The van der Waals surface area contributed by atoms with E-state index in [1.54, 1.807) is 0 Å². The maximum absolute atomic E-state index is 2.31. The molecule has 2 aromatic carbocycles. The first-order valence-electron chi connectivity index (χ1n) is 7.77. The fourth-order valence-corrected chi connectivity index (χ4v) is 2.80. The van der Waals surface area contributed by atoms with E-state index in [-0.39, 0.29) is 0 Å². The quantitative estimate of drug-likeness (QED) is 0.604. The second-order valence-electron chi connectivity index (χ2n) is 6.22. The minimum absolute atomic E-state index is 0.696. The normalized spacial score (nSPS) is 12.7. The molecule has 0 bridgehead atoms. The van der Waals surface area contributed by atoms with Gasteiger partial charge < -0.3 is 0 Å². The van der Waals surface area contributed by atoms with Gasteiger partial charge >= 0.3 is 0 Å². The molecule has 0 fully saturated rings. The van der Waals surface area contributed by atoms with Crippen LogP contribution in [0.5, 0.6) is 0 Å². The molecule has 2 aromatic rings. The Morgan fingerprint density at radius 3 is 1.75 bits per heavy atom. The number of aryl methyl sites for hydroxylation is 1. The molecule has 0 N–H and O–H groups in total. The van der Waals surface area contributed by atoms with E-state index in [0.29, 0.717) is 5.92 Å². The van der Waals surface area contributed by atoms with Crippen LogP contribution in [0, 0.1) is 12.8 Å². The molecule has 106 valence electrons. The van der Waals surface area contributed by atoms with Crippen molar-refractivity contribution < 1.29 is 0 Å². The van der Waals surface area contributed by atoms with E-state index in [1.807, 2.05) is 0 Å². The first-order chi connectivity index (χ1) is 9.60. The fraction of sp³-hybridized carbons (Fsp3) is 0.400. The van der Waals surface area contributed by atoms with Gasteiger partial charge in [-0.25, -0.2) is 0 Å². The lowest BCUT2D eigenvalue weighted by Crippen LogP contribution is -2.01. The van der Waals surface area contributed by atoms with Crippen LogP contribution in [0.4, 0.5) is 0 Å². The van der Waals surface area contributed by atoms with Gasteiger partial charge in [-0.3, -0.25) is 0 Å². The molecule has 0 saturated carbocycles. The highest BCUT2D eigenvalue weighted by atomic mass is 14.2. The Balaban J connectivity index is 2.18. The third-order valence-electron chi connectivity index (χ3n) is 4.02. The van der Waals surface area contributed by atoms with Crippen molar-refractivity contribution in [1.82, 2.24) is 0 Å². The third-order valence-corrected chi connectivity index (χ3v) is 4.02. The van der Waals surface area contributed by atoms with Crippen LogP contribution in [-0.4, -0.2) is 0 Å². The lowest BCUT2D eigenvalue weighted by atomic mass is 9.87. The van der Waals surface area contributed by atoms with E-state index >= 15 is 0 Å². The predicted octanol–water partition coefficient (Wildman–Crippen LogP) is 6.20. The Morgan fingerprint density at radius 1 is 0.800 bits per heavy atom. The van der Waals surface area contributed by atoms with E-state index in [9.17, 15) is 0 Å². The summed E-state index contributed by atoms with van der Waals surface area (Å²) in [6.45, 7) is 9.04. The molecule has 0 heterocycles. The molecule has 0 nitrogen and oxygen atoms in total. The molecule has 0 heteroatoms. The zero-order chi connectivity index (χ0) is 14.5. The summed E-state index contributed by atoms with van der Waals surface area (Å²) in [5.74, 6) is 1.46. The van der Waals surface area contributed by atoms with Gasteiger partial charge in [-0.1, -0.05) is 74.9 Å². The predicted molar refractivity (Wildman–Crippen MR) is 89.1 cm³/mol. The Bertz CT molecular complexity index is 517. The van der Waals surface area contributed by atoms with E-state index in [4.69, 9.17) is 0 Å². The Hall–Kier alpha value is -1.56. The summed E-state index contributed by atoms with van der Waals surface area (Å²) >= 11 is 0. The van der Waals surface area contributed by atoms with Gasteiger partial charge in [0.1, 0.15) is 0 Å². The standard InChI is InChI=1S/C20H26/c1-5-17(14-15(2)3)18-10-12-20(13-11-18)19-8-6-16(4)7-9-19/h6-13,15,17H,5,14H2,1-4H3/t17-/m1/s1. The van der Waals surface area contributed by atoms with E-state index in [0.717, 1.165) is 5.92 Å². The summed E-state index contributed by atoms with van der Waals surface area (Å²) in [4.78, 5) is 0. The fourth-order valence-electron chi connectivity index (χ4n) is 2.80. The van der Waals surface area contributed by atoms with Gasteiger partial charge in [0.05, 0.1) is 0 Å². The molecule has 20 heavy (non-hydrogen) atoms. The van der Waals surface area contributed by atoms with Crippen LogP contribution in [0.15, 0.2) is 48.5 Å². The van der Waals surface area contributed by atoms with Crippen LogP contribution < -0.4 is 0 Å². The van der Waals surface area contributed by atoms with E-state index in [2.05, 4.69) is 76.2 Å². The molecule has 0 aliphatic carbocycles. The summed E-state index contributed by atoms with van der Waals surface area (Å²) < 4.78 is 0. The number of benzene rings is 2. The lowest BCUT2D eigenvalue weighted by Gasteiger charge is -2.18. The molecule has 1 atom stereocenters. The first-order valence-corrected chi connectivity index (χ1v) is 7.77. The van der Waals surface area contributed by atoms with Gasteiger partial charge in [0.25, 0.3) is 0 Å². The smallest absolute Gasteiger partial charge is 0.0162 e. The zero-order valence-corrected chi connectivity index (χ0v) is 13.2. The summed E-state index contributed by atoms with van der Waals surface area (Å²) in [5.41, 5.74) is 5.41. The van der Waals surface area contributed by atoms with Crippen molar-refractivity contribution >= 4 is 0 Å². The first kappa shape index (κ1) is 14.8. The minimum atomic E-state index is 0.696. The zero-order valence-electron chi connectivity index (χ0n) is 13.2. The van der Waals surface area contributed by atoms with Crippen LogP contribution in [0.3, 0.4) is 0 Å². The van der Waals surface area contributed by atoms with Crippen molar-refractivity contribution in [1.29, 1.82) is 0 Å². The van der Waals surface area contributed by atoms with E-state index < -0.39 is 0 Å². The summed E-state index contributed by atoms with van der Waals surface area (Å²) in [6.07, 6.45) is 2.50. The molecular weight excluding hydrogens is 240 g/mol. The van der Waals surface area contributed by atoms with Crippen LogP contribution in [0.1, 0.15) is 50.7 Å². The van der Waals surface area contributed by atoms with Crippen molar-refractivity contribution in [2.45, 2.75) is 46.5 Å². The Labute approximate surface area is 123 Å². The van der Waals surface area contributed by atoms with Crippen LogP contribution in [0.2, 0.25) is 0 Å². The van der Waals surface area contributed by atoms with Crippen molar-refractivity contribution in [3.63, 3.8) is 0 Å². The SMILES string of the molecule is CC[C@H](CC(C)C)c1ccc(-c2ccc(C)cc2)cc1. The van der Waals surface area contributed by atoms with Crippen LogP contribution >= 0.6 is 0 Å². The largest absolute Gasteiger partial charge is 0.0648 e. The third kappa shape index (κ3) is 3.72. The highest BCUT2D eigenvalue weighted by Crippen LogP contribution is 2.29. The molecule has 0 aliphatic heterocycles. The summed E-state index contributed by atoms with van der Waals surface area (Å²) in [5, 5.41) is 0. The minimum Gasteiger partial charge on any atom is -0.0648 e. The van der Waals surface area contributed by atoms with E-state index in [1.165, 1.54) is 35.1 Å². The van der Waals surface area contributed by atoms with Crippen LogP contribution in [-0.2, 0) is 0 Å². The van der Waals surface area contributed by atoms with Gasteiger partial charge in [0.15, 0.2) is 0 Å². The van der Waals surface area contributed by atoms with Gasteiger partial charge in [0, 0.05) is 0 Å². The molecule has 0 aliphatic rings. The molecule has 0 aromatic heterocycles. The average molecular weight is 266 g/mol. The molecule has 0 unspecified atom stereocenters. The summed E-state index contributed by atoms with van der Waals surface area (Å²) in [7, 11) is 0. The van der Waals surface area contributed by atoms with Crippen molar-refractivity contribution in [2.75, 3.05) is 0 Å². The monoisotopic (exact) mass is 266 g/mol. The van der Waals surface area contributed by atoms with Gasteiger partial charge in [-0.15, -0.1) is 0 Å². The number of rotatable bonds is 5. The lowest BCUT2D eigenvalue weighted by molar-refractivity contribution is 0.489. The Kier molecular flexibility index (Phi) is 5.00. The maximum atomic E-state index is 2.31. The molecular formula is C20H26. The molecule has 2 rings (SSSR count). The summed E-state index contributed by atoms with van der Waals surface area (Å²) in [6, 6.07) is 17.9. The van der Waals surface area contributed by atoms with Crippen molar-refractivity contribution in [3.05, 3.63) is 59.7 Å². The average Bonchev–Trinajstić information content (AvgIpc) is 2.46. The topological polar surface area (TPSA) is 0 Å². The maximum Gasteiger partial charge on any atom is -0.0162 e. The second-order valence-corrected chi connectivity index (χ2v) is 6.22. The van der Waals surface area contributed by atoms with Gasteiger partial charge in [-0.05, 0) is 48.3 Å². The highest BCUT2D eigenvalue weighted by molar-refractivity contribution is 5.64.